The molecule has 19 heavy (non-hydrogen) atoms. The van der Waals surface area contributed by atoms with Crippen molar-refractivity contribution in [2.75, 3.05) is 0 Å². The Hall–Kier alpha value is -1.55. The van der Waals surface area contributed by atoms with Crippen LogP contribution in [0.5, 0.6) is 0 Å². The number of carbonyl (C=O) groups excluding carboxylic acids is 1. The number of nitrogens with one attached hydrogen (secondary N) is 1. The normalized spacial score (nSPS) is 19.4. The smallest absolute Gasteiger partial charge is 0.260 e. The highest BCUT2D eigenvalue weighted by Gasteiger charge is 2.30. The molecule has 0 saturated carbocycles. The van der Waals surface area contributed by atoms with E-state index in [1.165, 1.54) is 10.9 Å². The van der Waals surface area contributed by atoms with Crippen LogP contribution < -0.4 is 0 Å². The van der Waals surface area contributed by atoms with Crippen molar-refractivity contribution in [1.82, 2.24) is 4.98 Å². The summed E-state index contributed by atoms with van der Waals surface area (Å²) in [6.45, 7) is 4.14. The van der Waals surface area contributed by atoms with Gasteiger partial charge in [0, 0.05) is 18.1 Å². The van der Waals surface area contributed by atoms with Crippen molar-refractivity contribution in [3.63, 3.8) is 0 Å². The maximum atomic E-state index is 11.8. The van der Waals surface area contributed by atoms with Gasteiger partial charge in [0.1, 0.15) is 0 Å². The average Bonchev–Trinajstić information content (AvgIpc) is 2.95. The monoisotopic (exact) mass is 272 g/mol. The second-order valence-electron chi connectivity index (χ2n) is 5.20. The van der Waals surface area contributed by atoms with E-state index in [4.69, 9.17) is 0 Å². The number of benzene rings is 1. The summed E-state index contributed by atoms with van der Waals surface area (Å²) in [5, 5.41) is 2.15. The number of hydrogen-bond donors (Lipinski definition) is 1. The molecule has 0 fully saturated rings. The van der Waals surface area contributed by atoms with Crippen molar-refractivity contribution >= 4 is 33.6 Å². The van der Waals surface area contributed by atoms with Crippen LogP contribution in [0, 0.1) is 5.92 Å². The molecule has 3 rings (SSSR count). The fraction of sp³-hybridized carbons (Fsp3) is 0.333. The molecule has 1 N–H and O–H groups in total. The van der Waals surface area contributed by atoms with Gasteiger partial charge in [-0.25, -0.2) is 4.99 Å². The second-order valence-corrected chi connectivity index (χ2v) is 6.42. The highest BCUT2D eigenvalue weighted by Crippen LogP contribution is 2.30. The maximum Gasteiger partial charge on any atom is 0.260 e. The first-order valence-corrected chi connectivity index (χ1v) is 7.35. The van der Waals surface area contributed by atoms with Crippen LogP contribution in [0.2, 0.25) is 0 Å². The van der Waals surface area contributed by atoms with Gasteiger partial charge >= 0.3 is 0 Å². The number of amides is 1. The van der Waals surface area contributed by atoms with Crippen LogP contribution in [0.25, 0.3) is 10.9 Å². The van der Waals surface area contributed by atoms with Crippen molar-refractivity contribution in [1.29, 1.82) is 0 Å². The first kappa shape index (κ1) is 12.5. The molecule has 0 saturated heterocycles. The van der Waals surface area contributed by atoms with E-state index in [9.17, 15) is 4.79 Å². The molecule has 1 aromatic heterocycles. The van der Waals surface area contributed by atoms with Crippen molar-refractivity contribution in [2.45, 2.75) is 25.5 Å². The van der Waals surface area contributed by atoms with E-state index >= 15 is 0 Å². The Labute approximate surface area is 116 Å². The van der Waals surface area contributed by atoms with E-state index in [-0.39, 0.29) is 11.2 Å². The number of rotatable bonds is 3. The summed E-state index contributed by atoms with van der Waals surface area (Å²) in [6.07, 6.45) is 2.69. The highest BCUT2D eigenvalue weighted by atomic mass is 32.2. The van der Waals surface area contributed by atoms with E-state index in [0.717, 1.165) is 17.0 Å². The summed E-state index contributed by atoms with van der Waals surface area (Å²) < 4.78 is 0. The number of thioether (sulfide) groups is 1. The molecule has 2 aromatic rings. The van der Waals surface area contributed by atoms with Crippen LogP contribution >= 0.6 is 11.8 Å². The lowest BCUT2D eigenvalue weighted by Gasteiger charge is -2.10. The fourth-order valence-electron chi connectivity index (χ4n) is 2.30. The summed E-state index contributed by atoms with van der Waals surface area (Å²) in [7, 11) is 0. The summed E-state index contributed by atoms with van der Waals surface area (Å²) in [6, 6.07) is 8.38. The van der Waals surface area contributed by atoms with Gasteiger partial charge in [0.15, 0.2) is 0 Å². The second kappa shape index (κ2) is 4.85. The lowest BCUT2D eigenvalue weighted by Crippen LogP contribution is -2.17. The number of aromatic nitrogens is 1. The Kier molecular flexibility index (Phi) is 3.19. The number of hydrogen-bond acceptors (Lipinski definition) is 2. The molecule has 0 radical (unpaired) electrons. The van der Waals surface area contributed by atoms with Crippen LogP contribution in [-0.2, 0) is 11.2 Å². The van der Waals surface area contributed by atoms with Gasteiger partial charge in [0.2, 0.25) is 0 Å². The third-order valence-electron chi connectivity index (χ3n) is 3.32. The van der Waals surface area contributed by atoms with Crippen LogP contribution in [0.3, 0.4) is 0 Å². The molecule has 98 valence electrons. The minimum Gasteiger partial charge on any atom is -0.361 e. The lowest BCUT2D eigenvalue weighted by atomic mass is 10.1. The molecule has 4 heteroatoms. The van der Waals surface area contributed by atoms with Crippen molar-refractivity contribution in [3.05, 3.63) is 36.0 Å². The molecular weight excluding hydrogens is 256 g/mol. The van der Waals surface area contributed by atoms with E-state index in [1.54, 1.807) is 11.8 Å². The SMILES string of the molecule is CC(C)C1SC(Cc2ccc3[nH]ccc3c2)=NC1=O. The number of aliphatic imine (C=N–C) groups is 1. The van der Waals surface area contributed by atoms with Gasteiger partial charge < -0.3 is 4.98 Å². The Bertz CT molecular complexity index is 657. The fourth-order valence-corrected chi connectivity index (χ4v) is 3.41. The molecular formula is C15H16N2OS. The lowest BCUT2D eigenvalue weighted by molar-refractivity contribution is -0.117. The molecule has 1 atom stereocenters. The number of carbonyl (C=O) groups is 1. The average molecular weight is 272 g/mol. The van der Waals surface area contributed by atoms with Gasteiger partial charge in [-0.1, -0.05) is 31.7 Å². The molecule has 1 amide bonds. The molecule has 0 spiro atoms. The van der Waals surface area contributed by atoms with Gasteiger partial charge in [-0.2, -0.15) is 0 Å². The number of aromatic amines is 1. The van der Waals surface area contributed by atoms with Crippen molar-refractivity contribution < 1.29 is 4.79 Å². The molecule has 1 aromatic carbocycles. The zero-order valence-corrected chi connectivity index (χ0v) is 11.8. The van der Waals surface area contributed by atoms with E-state index < -0.39 is 0 Å². The molecule has 0 aliphatic carbocycles. The predicted molar refractivity (Wildman–Crippen MR) is 80.7 cm³/mol. The topological polar surface area (TPSA) is 45.2 Å². The third-order valence-corrected chi connectivity index (χ3v) is 4.83. The minimum absolute atomic E-state index is 0.00555. The van der Waals surface area contributed by atoms with Gasteiger partial charge in [0.25, 0.3) is 5.91 Å². The first-order chi connectivity index (χ1) is 9.13. The Morgan fingerprint density at radius 2 is 2.21 bits per heavy atom. The van der Waals surface area contributed by atoms with Crippen molar-refractivity contribution in [2.24, 2.45) is 10.9 Å². The summed E-state index contributed by atoms with van der Waals surface area (Å²) in [4.78, 5) is 19.1. The first-order valence-electron chi connectivity index (χ1n) is 6.47. The van der Waals surface area contributed by atoms with Crippen LogP contribution in [0.1, 0.15) is 19.4 Å². The van der Waals surface area contributed by atoms with Gasteiger partial charge in [-0.05, 0) is 35.1 Å². The highest BCUT2D eigenvalue weighted by molar-refractivity contribution is 8.15. The molecule has 1 unspecified atom stereocenters. The van der Waals surface area contributed by atoms with E-state index in [2.05, 4.69) is 48.1 Å². The summed E-state index contributed by atoms with van der Waals surface area (Å²) in [5.74, 6) is 0.364. The zero-order chi connectivity index (χ0) is 13.4. The number of fused-ring (bicyclic) bond motifs is 1. The molecule has 2 heterocycles. The Morgan fingerprint density at radius 3 is 2.95 bits per heavy atom. The number of H-pyrrole nitrogens is 1. The standard InChI is InChI=1S/C15H16N2OS/c1-9(2)14-15(18)17-13(19-14)8-10-3-4-12-11(7-10)5-6-16-12/h3-7,9,14,16H,8H2,1-2H3. The molecule has 1 aliphatic heterocycles. The molecule has 3 nitrogen and oxygen atoms in total. The minimum atomic E-state index is 0.00555. The Balaban J connectivity index is 1.78. The summed E-state index contributed by atoms with van der Waals surface area (Å²) in [5.41, 5.74) is 2.34. The van der Waals surface area contributed by atoms with Gasteiger partial charge in [-0.15, -0.1) is 0 Å². The quantitative estimate of drug-likeness (QED) is 0.930. The van der Waals surface area contributed by atoms with Crippen molar-refractivity contribution in [3.8, 4) is 0 Å². The Morgan fingerprint density at radius 1 is 1.37 bits per heavy atom. The molecule has 1 aliphatic rings. The summed E-state index contributed by atoms with van der Waals surface area (Å²) >= 11 is 1.62. The van der Waals surface area contributed by atoms with E-state index in [0.29, 0.717) is 5.92 Å². The van der Waals surface area contributed by atoms with Crippen LogP contribution in [-0.4, -0.2) is 21.2 Å². The van der Waals surface area contributed by atoms with E-state index in [1.807, 2.05) is 6.20 Å². The maximum absolute atomic E-state index is 11.8. The van der Waals surface area contributed by atoms with Crippen LogP contribution in [0.15, 0.2) is 35.5 Å². The number of nitrogens with zero attached hydrogens (tertiary/aromatic N) is 1. The molecule has 0 bridgehead atoms. The van der Waals surface area contributed by atoms with Gasteiger partial charge in [-0.3, -0.25) is 4.79 Å². The third kappa shape index (κ3) is 2.45. The zero-order valence-electron chi connectivity index (χ0n) is 11.0. The van der Waals surface area contributed by atoms with Gasteiger partial charge in [0.05, 0.1) is 10.3 Å². The predicted octanol–water partition coefficient (Wildman–Crippen LogP) is 3.41. The largest absolute Gasteiger partial charge is 0.361 e. The van der Waals surface area contributed by atoms with Crippen LogP contribution in [0.4, 0.5) is 0 Å².